The highest BCUT2D eigenvalue weighted by atomic mass is 15.0. The second kappa shape index (κ2) is 4.18. The molecule has 4 nitrogen and oxygen atoms in total. The monoisotopic (exact) mass is 236 g/mol. The van der Waals surface area contributed by atoms with Crippen LogP contribution < -0.4 is 5.32 Å². The summed E-state index contributed by atoms with van der Waals surface area (Å²) >= 11 is 0. The Morgan fingerprint density at radius 1 is 1.22 bits per heavy atom. The molecule has 1 atom stereocenters. The van der Waals surface area contributed by atoms with Crippen molar-refractivity contribution in [2.24, 2.45) is 5.92 Å². The highest BCUT2D eigenvalue weighted by Crippen LogP contribution is 2.33. The van der Waals surface area contributed by atoms with Crippen molar-refractivity contribution < 1.29 is 0 Å². The third kappa shape index (κ3) is 1.48. The molecule has 2 N–H and O–H groups in total. The zero-order valence-electron chi connectivity index (χ0n) is 9.77. The van der Waals surface area contributed by atoms with Crippen molar-refractivity contribution in [3.63, 3.8) is 0 Å². The molecule has 0 aliphatic carbocycles. The van der Waals surface area contributed by atoms with E-state index in [-0.39, 0.29) is 6.04 Å². The van der Waals surface area contributed by atoms with Crippen LogP contribution in [0.15, 0.2) is 24.3 Å². The van der Waals surface area contributed by atoms with Crippen LogP contribution in [-0.2, 0) is 6.42 Å². The van der Waals surface area contributed by atoms with Crippen molar-refractivity contribution in [3.05, 3.63) is 35.5 Å². The Kier molecular flexibility index (Phi) is 2.51. The van der Waals surface area contributed by atoms with Gasteiger partial charge in [0.05, 0.1) is 18.2 Å². The molecule has 0 fully saturated rings. The Hall–Kier alpha value is -2.30. The number of aromatic nitrogens is 1. The number of hydrogen-bond acceptors (Lipinski definition) is 3. The SMILES string of the molecule is N#CC(C#N)C1NCCc2c1[nH]c1ccccc21. The van der Waals surface area contributed by atoms with Crippen LogP contribution in [-0.4, -0.2) is 11.5 Å². The predicted molar refractivity (Wildman–Crippen MR) is 67.5 cm³/mol. The Morgan fingerprint density at radius 2 is 2.00 bits per heavy atom. The normalized spacial score (nSPS) is 18.3. The molecular weight excluding hydrogens is 224 g/mol. The fourth-order valence-electron chi connectivity index (χ4n) is 2.67. The number of H-pyrrole nitrogens is 1. The van der Waals surface area contributed by atoms with Gasteiger partial charge in [-0.05, 0) is 24.6 Å². The molecule has 2 heterocycles. The lowest BCUT2D eigenvalue weighted by Gasteiger charge is -2.24. The van der Waals surface area contributed by atoms with Gasteiger partial charge in [0.25, 0.3) is 0 Å². The van der Waals surface area contributed by atoms with Gasteiger partial charge in [-0.3, -0.25) is 0 Å². The van der Waals surface area contributed by atoms with Crippen LogP contribution in [0, 0.1) is 28.6 Å². The van der Waals surface area contributed by atoms with E-state index in [1.54, 1.807) is 0 Å². The quantitative estimate of drug-likeness (QED) is 0.795. The molecule has 1 aromatic carbocycles. The molecule has 0 saturated heterocycles. The lowest BCUT2D eigenvalue weighted by atomic mass is 9.92. The predicted octanol–water partition coefficient (Wildman–Crippen LogP) is 2.02. The smallest absolute Gasteiger partial charge is 0.154 e. The maximum atomic E-state index is 9.05. The third-order valence-corrected chi connectivity index (χ3v) is 3.51. The molecule has 1 aliphatic heterocycles. The van der Waals surface area contributed by atoms with Gasteiger partial charge in [0.2, 0.25) is 0 Å². The van der Waals surface area contributed by atoms with Crippen molar-refractivity contribution in [2.75, 3.05) is 6.54 Å². The number of hydrogen-bond donors (Lipinski definition) is 2. The van der Waals surface area contributed by atoms with Crippen molar-refractivity contribution in [1.29, 1.82) is 10.5 Å². The second-order valence-electron chi connectivity index (χ2n) is 4.48. The maximum Gasteiger partial charge on any atom is 0.154 e. The van der Waals surface area contributed by atoms with Crippen LogP contribution in [0.2, 0.25) is 0 Å². The largest absolute Gasteiger partial charge is 0.357 e. The van der Waals surface area contributed by atoms with E-state index >= 15 is 0 Å². The highest BCUT2D eigenvalue weighted by molar-refractivity contribution is 5.85. The lowest BCUT2D eigenvalue weighted by Crippen LogP contribution is -2.33. The van der Waals surface area contributed by atoms with E-state index < -0.39 is 5.92 Å². The van der Waals surface area contributed by atoms with Crippen LogP contribution in [0.4, 0.5) is 0 Å². The van der Waals surface area contributed by atoms with Crippen molar-refractivity contribution in [1.82, 2.24) is 10.3 Å². The zero-order valence-corrected chi connectivity index (χ0v) is 9.77. The molecule has 0 amide bonds. The molecule has 3 rings (SSSR count). The standard InChI is InChI=1S/C14H12N4/c15-7-9(8-16)13-14-11(5-6-17-13)10-3-1-2-4-12(10)18-14/h1-4,9,13,17-18H,5-6H2. The Bertz CT molecular complexity index is 657. The molecule has 0 radical (unpaired) electrons. The Morgan fingerprint density at radius 3 is 2.78 bits per heavy atom. The van der Waals surface area contributed by atoms with Crippen molar-refractivity contribution in [2.45, 2.75) is 12.5 Å². The summed E-state index contributed by atoms with van der Waals surface area (Å²) in [5.41, 5.74) is 3.31. The number of nitrogens with one attached hydrogen (secondary N) is 2. The van der Waals surface area contributed by atoms with Gasteiger partial charge in [0, 0.05) is 16.6 Å². The molecule has 1 unspecified atom stereocenters. The van der Waals surface area contributed by atoms with Gasteiger partial charge in [-0.2, -0.15) is 10.5 Å². The molecule has 0 bridgehead atoms. The number of nitriles is 2. The molecule has 18 heavy (non-hydrogen) atoms. The molecule has 88 valence electrons. The van der Waals surface area contributed by atoms with Gasteiger partial charge in [0.1, 0.15) is 0 Å². The molecule has 0 saturated carbocycles. The average molecular weight is 236 g/mol. The summed E-state index contributed by atoms with van der Waals surface area (Å²) in [4.78, 5) is 3.35. The second-order valence-corrected chi connectivity index (χ2v) is 4.48. The number of rotatable bonds is 1. The number of nitrogens with zero attached hydrogens (tertiary/aromatic N) is 2. The minimum absolute atomic E-state index is 0.212. The van der Waals surface area contributed by atoms with Crippen LogP contribution in [0.3, 0.4) is 0 Å². The third-order valence-electron chi connectivity index (χ3n) is 3.51. The molecule has 1 aromatic heterocycles. The zero-order chi connectivity index (χ0) is 12.5. The summed E-state index contributed by atoms with van der Waals surface area (Å²) < 4.78 is 0. The first-order valence-corrected chi connectivity index (χ1v) is 5.97. The van der Waals surface area contributed by atoms with Crippen LogP contribution in [0.5, 0.6) is 0 Å². The number of aromatic amines is 1. The van der Waals surface area contributed by atoms with E-state index in [0.717, 1.165) is 24.2 Å². The van der Waals surface area contributed by atoms with Gasteiger partial charge in [-0.1, -0.05) is 18.2 Å². The number of benzene rings is 1. The summed E-state index contributed by atoms with van der Waals surface area (Å²) in [5, 5.41) is 22.6. The van der Waals surface area contributed by atoms with E-state index in [4.69, 9.17) is 10.5 Å². The molecule has 0 spiro atoms. The van der Waals surface area contributed by atoms with E-state index in [2.05, 4.69) is 28.5 Å². The maximum absolute atomic E-state index is 9.05. The average Bonchev–Trinajstić information content (AvgIpc) is 2.80. The number of para-hydroxylation sites is 1. The summed E-state index contributed by atoms with van der Waals surface area (Å²) in [5.74, 6) is -0.655. The lowest BCUT2D eigenvalue weighted by molar-refractivity contribution is 0.455. The summed E-state index contributed by atoms with van der Waals surface area (Å²) in [6.07, 6.45) is 0.930. The Labute approximate surface area is 105 Å². The fourth-order valence-corrected chi connectivity index (χ4v) is 2.67. The van der Waals surface area contributed by atoms with Crippen LogP contribution in [0.1, 0.15) is 17.3 Å². The first kappa shape index (κ1) is 10.8. The van der Waals surface area contributed by atoms with E-state index in [1.165, 1.54) is 10.9 Å². The first-order chi connectivity index (χ1) is 8.85. The van der Waals surface area contributed by atoms with Gasteiger partial charge in [0.15, 0.2) is 5.92 Å². The van der Waals surface area contributed by atoms with E-state index in [0.29, 0.717) is 0 Å². The molecule has 2 aromatic rings. The summed E-state index contributed by atoms with van der Waals surface area (Å²) in [6.45, 7) is 0.805. The van der Waals surface area contributed by atoms with Gasteiger partial charge >= 0.3 is 0 Å². The van der Waals surface area contributed by atoms with Crippen LogP contribution >= 0.6 is 0 Å². The van der Waals surface area contributed by atoms with Crippen molar-refractivity contribution >= 4 is 10.9 Å². The Balaban J connectivity index is 2.17. The van der Waals surface area contributed by atoms with Gasteiger partial charge < -0.3 is 10.3 Å². The van der Waals surface area contributed by atoms with Gasteiger partial charge in [-0.15, -0.1) is 0 Å². The summed E-state index contributed by atoms with van der Waals surface area (Å²) in [7, 11) is 0. The van der Waals surface area contributed by atoms with Crippen molar-refractivity contribution in [3.8, 4) is 12.1 Å². The molecule has 4 heteroatoms. The molecule has 1 aliphatic rings. The number of fused-ring (bicyclic) bond motifs is 3. The highest BCUT2D eigenvalue weighted by Gasteiger charge is 2.30. The van der Waals surface area contributed by atoms with E-state index in [9.17, 15) is 0 Å². The fraction of sp³-hybridized carbons (Fsp3) is 0.286. The topological polar surface area (TPSA) is 75.4 Å². The first-order valence-electron chi connectivity index (χ1n) is 5.97. The van der Waals surface area contributed by atoms with Crippen LogP contribution in [0.25, 0.3) is 10.9 Å². The minimum atomic E-state index is -0.655. The summed E-state index contributed by atoms with van der Waals surface area (Å²) in [6, 6.07) is 12.0. The minimum Gasteiger partial charge on any atom is -0.357 e. The van der Waals surface area contributed by atoms with E-state index in [1.807, 2.05) is 18.2 Å². The van der Waals surface area contributed by atoms with Gasteiger partial charge in [-0.25, -0.2) is 0 Å². The molecular formula is C14H12N4.